The van der Waals surface area contributed by atoms with Gasteiger partial charge >= 0.3 is 0 Å². The summed E-state index contributed by atoms with van der Waals surface area (Å²) in [4.78, 5) is 22.2. The van der Waals surface area contributed by atoms with Gasteiger partial charge in [0.15, 0.2) is 0 Å². The van der Waals surface area contributed by atoms with Crippen molar-refractivity contribution in [2.75, 3.05) is 58.7 Å². The molecule has 1 fully saturated rings. The predicted molar refractivity (Wildman–Crippen MR) is 171 cm³/mol. The molecule has 1 aliphatic heterocycles. The van der Waals surface area contributed by atoms with Crippen LogP contribution in [0.5, 0.6) is 0 Å². The van der Waals surface area contributed by atoms with Crippen LogP contribution in [0.25, 0.3) is 10.9 Å². The summed E-state index contributed by atoms with van der Waals surface area (Å²) in [7, 11) is 4.22. The Morgan fingerprint density at radius 2 is 1.80 bits per heavy atom. The molecule has 214 valence electrons. The maximum Gasteiger partial charge on any atom is 0.145 e. The van der Waals surface area contributed by atoms with Gasteiger partial charge in [0.05, 0.1) is 23.8 Å². The third-order valence-corrected chi connectivity index (χ3v) is 8.82. The standard InChI is InChI=1S/C32H37BrClN7/c1-39(2)13-5-12-35-32-27-6-3-4-7-28(27)37-29(38-32)21-40-14-16-41(17-15-40)31-26-11-10-25(34)19-22(26)8-9-23-18-24(33)20-36-30(23)31/h3-4,6-7,10-11,18-20,31H,5,8-9,12-17,21H2,1-2H3,(H,35,37,38). The minimum Gasteiger partial charge on any atom is -0.369 e. The molecule has 0 saturated carbocycles. The molecule has 0 radical (unpaired) electrons. The molecule has 0 bridgehead atoms. The minimum absolute atomic E-state index is 0.130. The van der Waals surface area contributed by atoms with Crippen LogP contribution in [0, 0.1) is 0 Å². The predicted octanol–water partition coefficient (Wildman–Crippen LogP) is 5.81. The van der Waals surface area contributed by atoms with Gasteiger partial charge in [0, 0.05) is 53.8 Å². The number of para-hydroxylation sites is 1. The summed E-state index contributed by atoms with van der Waals surface area (Å²) < 4.78 is 1.03. The molecule has 6 rings (SSSR count). The van der Waals surface area contributed by atoms with E-state index in [-0.39, 0.29) is 6.04 Å². The fraction of sp³-hybridized carbons (Fsp3) is 0.406. The number of nitrogens with one attached hydrogen (secondary N) is 1. The summed E-state index contributed by atoms with van der Waals surface area (Å²) in [6.45, 7) is 6.48. The lowest BCUT2D eigenvalue weighted by molar-refractivity contribution is 0.101. The second-order valence-electron chi connectivity index (χ2n) is 11.3. The van der Waals surface area contributed by atoms with E-state index >= 15 is 0 Å². The normalized spacial score (nSPS) is 17.8. The van der Waals surface area contributed by atoms with Gasteiger partial charge in [-0.1, -0.05) is 29.8 Å². The van der Waals surface area contributed by atoms with Gasteiger partial charge < -0.3 is 10.2 Å². The fourth-order valence-electron chi connectivity index (χ4n) is 6.09. The number of fused-ring (bicyclic) bond motifs is 3. The zero-order chi connectivity index (χ0) is 28.3. The lowest BCUT2D eigenvalue weighted by atomic mass is 9.96. The first-order valence-electron chi connectivity index (χ1n) is 14.5. The average Bonchev–Trinajstić information content (AvgIpc) is 3.12. The molecular formula is C32H37BrClN7. The van der Waals surface area contributed by atoms with Crippen molar-refractivity contribution in [2.45, 2.75) is 31.8 Å². The summed E-state index contributed by atoms with van der Waals surface area (Å²) >= 11 is 10.1. The first-order valence-corrected chi connectivity index (χ1v) is 15.6. The maximum atomic E-state index is 6.43. The number of pyridine rings is 1. The van der Waals surface area contributed by atoms with Crippen LogP contribution in [0.3, 0.4) is 0 Å². The number of piperazine rings is 1. The summed E-state index contributed by atoms with van der Waals surface area (Å²) in [6, 6.07) is 17.0. The van der Waals surface area contributed by atoms with Crippen LogP contribution in [-0.4, -0.2) is 83.0 Å². The Labute approximate surface area is 256 Å². The van der Waals surface area contributed by atoms with Crippen LogP contribution in [-0.2, 0) is 19.4 Å². The monoisotopic (exact) mass is 633 g/mol. The molecule has 2 aliphatic rings. The van der Waals surface area contributed by atoms with Crippen molar-refractivity contribution >= 4 is 44.3 Å². The molecule has 1 saturated heterocycles. The Morgan fingerprint density at radius 3 is 2.63 bits per heavy atom. The molecule has 7 nitrogen and oxygen atoms in total. The molecule has 0 amide bonds. The van der Waals surface area contributed by atoms with Crippen molar-refractivity contribution in [1.82, 2.24) is 29.7 Å². The number of rotatable bonds is 8. The number of halogens is 2. The highest BCUT2D eigenvalue weighted by molar-refractivity contribution is 9.10. The van der Waals surface area contributed by atoms with E-state index in [9.17, 15) is 0 Å². The largest absolute Gasteiger partial charge is 0.369 e. The molecule has 41 heavy (non-hydrogen) atoms. The van der Waals surface area contributed by atoms with Crippen LogP contribution in [0.2, 0.25) is 5.02 Å². The van der Waals surface area contributed by atoms with Crippen LogP contribution >= 0.6 is 27.5 Å². The van der Waals surface area contributed by atoms with Gasteiger partial charge in [-0.3, -0.25) is 14.8 Å². The first-order chi connectivity index (χ1) is 19.9. The quantitative estimate of drug-likeness (QED) is 0.246. The number of hydrogen-bond acceptors (Lipinski definition) is 7. The lowest BCUT2D eigenvalue weighted by Crippen LogP contribution is -2.47. The highest BCUT2D eigenvalue weighted by atomic mass is 79.9. The first kappa shape index (κ1) is 28.5. The highest BCUT2D eigenvalue weighted by Crippen LogP contribution is 2.38. The molecular weight excluding hydrogens is 598 g/mol. The molecule has 1 N–H and O–H groups in total. The van der Waals surface area contributed by atoms with Gasteiger partial charge in [-0.15, -0.1) is 0 Å². The summed E-state index contributed by atoms with van der Waals surface area (Å²) in [5.41, 5.74) is 6.14. The maximum absolute atomic E-state index is 6.43. The number of nitrogens with zero attached hydrogens (tertiary/aromatic N) is 6. The highest BCUT2D eigenvalue weighted by Gasteiger charge is 2.32. The van der Waals surface area contributed by atoms with Crippen molar-refractivity contribution in [3.05, 3.63) is 92.4 Å². The van der Waals surface area contributed by atoms with Gasteiger partial charge in [0.2, 0.25) is 0 Å². The lowest BCUT2D eigenvalue weighted by Gasteiger charge is -2.39. The summed E-state index contributed by atoms with van der Waals surface area (Å²) in [5, 5.41) is 5.46. The van der Waals surface area contributed by atoms with E-state index in [1.165, 1.54) is 22.4 Å². The molecule has 2 aromatic carbocycles. The van der Waals surface area contributed by atoms with E-state index in [2.05, 4.69) is 92.5 Å². The van der Waals surface area contributed by atoms with Gasteiger partial charge in [-0.05, 0) is 103 Å². The van der Waals surface area contributed by atoms with Crippen LogP contribution in [0.1, 0.15) is 40.7 Å². The van der Waals surface area contributed by atoms with Crippen molar-refractivity contribution in [3.63, 3.8) is 0 Å². The average molecular weight is 635 g/mol. The smallest absolute Gasteiger partial charge is 0.145 e. The van der Waals surface area contributed by atoms with E-state index in [1.54, 1.807) is 0 Å². The van der Waals surface area contributed by atoms with Crippen molar-refractivity contribution < 1.29 is 0 Å². The molecule has 1 unspecified atom stereocenters. The Balaban J connectivity index is 1.19. The van der Waals surface area contributed by atoms with Crippen molar-refractivity contribution in [1.29, 1.82) is 0 Å². The van der Waals surface area contributed by atoms with E-state index in [4.69, 9.17) is 26.6 Å². The van der Waals surface area contributed by atoms with E-state index in [0.29, 0.717) is 0 Å². The zero-order valence-electron chi connectivity index (χ0n) is 23.8. The molecule has 1 aliphatic carbocycles. The fourth-order valence-corrected chi connectivity index (χ4v) is 6.67. The zero-order valence-corrected chi connectivity index (χ0v) is 26.1. The van der Waals surface area contributed by atoms with E-state index in [1.807, 2.05) is 12.3 Å². The molecule has 1 atom stereocenters. The number of aromatic nitrogens is 3. The second kappa shape index (κ2) is 12.7. The van der Waals surface area contributed by atoms with Crippen molar-refractivity contribution in [2.24, 2.45) is 0 Å². The molecule has 3 heterocycles. The third kappa shape index (κ3) is 6.57. The number of aryl methyl sites for hydroxylation is 2. The van der Waals surface area contributed by atoms with E-state index in [0.717, 1.165) is 97.1 Å². The summed E-state index contributed by atoms with van der Waals surface area (Å²) in [6.07, 6.45) is 4.94. The Bertz CT molecular complexity index is 1470. The SMILES string of the molecule is CN(C)CCCNc1nc(CN2CCN(C3c4ccc(Cl)cc4CCc4cc(Br)cnc43)CC2)nc2ccccc12. The van der Waals surface area contributed by atoms with Crippen LogP contribution < -0.4 is 5.32 Å². The Morgan fingerprint density at radius 1 is 1.00 bits per heavy atom. The van der Waals surface area contributed by atoms with Gasteiger partial charge in [0.25, 0.3) is 0 Å². The molecule has 9 heteroatoms. The Hall–Kier alpha value is -2.62. The van der Waals surface area contributed by atoms with Gasteiger partial charge in [-0.2, -0.15) is 0 Å². The second-order valence-corrected chi connectivity index (χ2v) is 12.7. The number of anilines is 1. The third-order valence-electron chi connectivity index (χ3n) is 8.15. The number of benzene rings is 2. The number of hydrogen-bond donors (Lipinski definition) is 1. The minimum atomic E-state index is 0.130. The molecule has 2 aromatic heterocycles. The van der Waals surface area contributed by atoms with Crippen LogP contribution in [0.15, 0.2) is 59.2 Å². The van der Waals surface area contributed by atoms with Gasteiger partial charge in [0.1, 0.15) is 11.6 Å². The summed E-state index contributed by atoms with van der Waals surface area (Å²) in [5.74, 6) is 1.81. The van der Waals surface area contributed by atoms with Gasteiger partial charge in [-0.25, -0.2) is 9.97 Å². The Kier molecular flexibility index (Phi) is 8.84. The molecule has 4 aromatic rings. The van der Waals surface area contributed by atoms with Crippen LogP contribution in [0.4, 0.5) is 5.82 Å². The topological polar surface area (TPSA) is 60.4 Å². The van der Waals surface area contributed by atoms with Crippen molar-refractivity contribution in [3.8, 4) is 0 Å². The molecule has 0 spiro atoms. The van der Waals surface area contributed by atoms with E-state index < -0.39 is 0 Å².